The monoisotopic (exact) mass is 252 g/mol. The van der Waals surface area contributed by atoms with E-state index in [4.69, 9.17) is 5.11 Å². The van der Waals surface area contributed by atoms with Crippen molar-refractivity contribution in [2.24, 2.45) is 0 Å². The number of benzene rings is 1. The van der Waals surface area contributed by atoms with Gasteiger partial charge in [0.05, 0.1) is 17.6 Å². The predicted molar refractivity (Wildman–Crippen MR) is 66.5 cm³/mol. The zero-order chi connectivity index (χ0) is 13.9. The Hall–Kier alpha value is -1.95. The second-order valence-electron chi connectivity index (χ2n) is 4.21. The first-order chi connectivity index (χ1) is 8.38. The van der Waals surface area contributed by atoms with E-state index in [-0.39, 0.29) is 29.8 Å². The van der Waals surface area contributed by atoms with Crippen molar-refractivity contribution in [3.8, 4) is 0 Å². The van der Waals surface area contributed by atoms with Crippen LogP contribution < -0.4 is 0 Å². The van der Waals surface area contributed by atoms with Gasteiger partial charge >= 0.3 is 0 Å². The molecule has 0 aliphatic carbocycles. The number of carbonyl (C=O) groups is 1. The minimum absolute atomic E-state index is 0.0779. The van der Waals surface area contributed by atoms with Crippen LogP contribution in [0.15, 0.2) is 18.2 Å². The van der Waals surface area contributed by atoms with Crippen LogP contribution in [-0.4, -0.2) is 40.5 Å². The summed E-state index contributed by atoms with van der Waals surface area (Å²) in [6.45, 7) is 3.16. The fourth-order valence-corrected chi connectivity index (χ4v) is 1.47. The number of hydrogen-bond acceptors (Lipinski definition) is 4. The number of nitro groups is 1. The highest BCUT2D eigenvalue weighted by Crippen LogP contribution is 2.20. The Labute approximate surface area is 105 Å². The molecule has 6 nitrogen and oxygen atoms in total. The van der Waals surface area contributed by atoms with Gasteiger partial charge in [-0.15, -0.1) is 0 Å². The van der Waals surface area contributed by atoms with Gasteiger partial charge in [-0.05, 0) is 19.9 Å². The summed E-state index contributed by atoms with van der Waals surface area (Å²) < 4.78 is 0. The number of carbonyl (C=O) groups excluding carboxylic acids is 1. The van der Waals surface area contributed by atoms with Gasteiger partial charge in [-0.1, -0.05) is 6.07 Å². The third kappa shape index (κ3) is 2.84. The Balaban J connectivity index is 3.07. The SMILES string of the molecule is Cc1ccc(C(=O)N(C)C(C)CO)cc1[N+](=O)[O-]. The smallest absolute Gasteiger partial charge is 0.273 e. The molecule has 18 heavy (non-hydrogen) atoms. The van der Waals surface area contributed by atoms with E-state index in [0.29, 0.717) is 5.56 Å². The van der Waals surface area contributed by atoms with Gasteiger partial charge in [0.1, 0.15) is 0 Å². The molecule has 0 saturated carbocycles. The average molecular weight is 252 g/mol. The standard InChI is InChI=1S/C12H16N2O4/c1-8-4-5-10(6-11(8)14(17)18)12(16)13(3)9(2)7-15/h4-6,9,15H,7H2,1-3H3. The highest BCUT2D eigenvalue weighted by atomic mass is 16.6. The molecule has 1 rings (SSSR count). The van der Waals surface area contributed by atoms with Crippen LogP contribution in [0, 0.1) is 17.0 Å². The van der Waals surface area contributed by atoms with Crippen molar-refractivity contribution in [2.75, 3.05) is 13.7 Å². The maximum Gasteiger partial charge on any atom is 0.273 e. The third-order valence-corrected chi connectivity index (χ3v) is 2.90. The number of nitrogens with zero attached hydrogens (tertiary/aromatic N) is 2. The summed E-state index contributed by atoms with van der Waals surface area (Å²) in [5.41, 5.74) is 0.676. The molecule has 1 unspecified atom stereocenters. The maximum absolute atomic E-state index is 12.0. The summed E-state index contributed by atoms with van der Waals surface area (Å²) in [6, 6.07) is 4.02. The summed E-state index contributed by atoms with van der Waals surface area (Å²) in [4.78, 5) is 23.7. The number of likely N-dealkylation sites (N-methyl/N-ethyl adjacent to an activating group) is 1. The van der Waals surface area contributed by atoms with Crippen LogP contribution in [0.5, 0.6) is 0 Å². The number of rotatable bonds is 4. The summed E-state index contributed by atoms with van der Waals surface area (Å²) in [6.07, 6.45) is 0. The number of aryl methyl sites for hydroxylation is 1. The van der Waals surface area contributed by atoms with Gasteiger partial charge in [0.15, 0.2) is 0 Å². The van der Waals surface area contributed by atoms with Crippen molar-refractivity contribution < 1.29 is 14.8 Å². The van der Waals surface area contributed by atoms with Gasteiger partial charge in [-0.25, -0.2) is 0 Å². The van der Waals surface area contributed by atoms with E-state index in [9.17, 15) is 14.9 Å². The van der Waals surface area contributed by atoms with Gasteiger partial charge in [-0.3, -0.25) is 14.9 Å². The zero-order valence-electron chi connectivity index (χ0n) is 10.6. The maximum atomic E-state index is 12.0. The molecule has 0 aromatic heterocycles. The Kier molecular flexibility index (Phi) is 4.38. The molecule has 0 heterocycles. The lowest BCUT2D eigenvalue weighted by molar-refractivity contribution is -0.385. The van der Waals surface area contributed by atoms with Crippen molar-refractivity contribution in [3.63, 3.8) is 0 Å². The molecule has 1 aromatic rings. The molecule has 98 valence electrons. The third-order valence-electron chi connectivity index (χ3n) is 2.90. The average Bonchev–Trinajstić information content (AvgIpc) is 2.36. The van der Waals surface area contributed by atoms with E-state index in [2.05, 4.69) is 0 Å². The van der Waals surface area contributed by atoms with Gasteiger partial charge < -0.3 is 10.0 Å². The Morgan fingerprint density at radius 3 is 2.67 bits per heavy atom. The van der Waals surface area contributed by atoms with Gasteiger partial charge in [0.25, 0.3) is 11.6 Å². The van der Waals surface area contributed by atoms with Crippen LogP contribution in [0.1, 0.15) is 22.8 Å². The molecule has 1 amide bonds. The molecule has 0 bridgehead atoms. The predicted octanol–water partition coefficient (Wildman–Crippen LogP) is 1.36. The van der Waals surface area contributed by atoms with Crippen LogP contribution >= 0.6 is 0 Å². The zero-order valence-corrected chi connectivity index (χ0v) is 10.6. The number of aliphatic hydroxyl groups excluding tert-OH is 1. The lowest BCUT2D eigenvalue weighted by Gasteiger charge is -2.23. The molecule has 1 N–H and O–H groups in total. The summed E-state index contributed by atoms with van der Waals surface area (Å²) in [5, 5.41) is 19.8. The fraction of sp³-hybridized carbons (Fsp3) is 0.417. The van der Waals surface area contributed by atoms with Crippen LogP contribution in [0.4, 0.5) is 5.69 Å². The van der Waals surface area contributed by atoms with Crippen molar-refractivity contribution in [3.05, 3.63) is 39.4 Å². The Morgan fingerprint density at radius 2 is 2.17 bits per heavy atom. The Bertz CT molecular complexity index is 473. The van der Waals surface area contributed by atoms with Gasteiger partial charge in [0, 0.05) is 24.2 Å². The van der Waals surface area contributed by atoms with Gasteiger partial charge in [0.2, 0.25) is 0 Å². The molecular weight excluding hydrogens is 236 g/mol. The second-order valence-corrected chi connectivity index (χ2v) is 4.21. The first-order valence-electron chi connectivity index (χ1n) is 5.51. The van der Waals surface area contributed by atoms with Crippen LogP contribution in [0.2, 0.25) is 0 Å². The summed E-state index contributed by atoms with van der Waals surface area (Å²) in [7, 11) is 1.55. The van der Waals surface area contributed by atoms with Crippen molar-refractivity contribution in [1.29, 1.82) is 0 Å². The first kappa shape index (κ1) is 14.1. The largest absolute Gasteiger partial charge is 0.394 e. The molecule has 0 spiro atoms. The lowest BCUT2D eigenvalue weighted by Crippen LogP contribution is -2.37. The number of nitro benzene ring substituents is 1. The van der Waals surface area contributed by atoms with E-state index in [1.165, 1.54) is 11.0 Å². The van der Waals surface area contributed by atoms with E-state index in [1.807, 2.05) is 0 Å². The van der Waals surface area contributed by atoms with E-state index < -0.39 is 4.92 Å². The van der Waals surface area contributed by atoms with Crippen LogP contribution in [0.3, 0.4) is 0 Å². The summed E-state index contributed by atoms with van der Waals surface area (Å²) >= 11 is 0. The first-order valence-corrected chi connectivity index (χ1v) is 5.51. The quantitative estimate of drug-likeness (QED) is 0.647. The van der Waals surface area contributed by atoms with E-state index in [0.717, 1.165) is 0 Å². The molecule has 0 saturated heterocycles. The molecular formula is C12H16N2O4. The van der Waals surface area contributed by atoms with E-state index in [1.54, 1.807) is 33.0 Å². The normalized spacial score (nSPS) is 12.0. The van der Waals surface area contributed by atoms with Crippen LogP contribution in [-0.2, 0) is 0 Å². The van der Waals surface area contributed by atoms with Crippen LogP contribution in [0.25, 0.3) is 0 Å². The van der Waals surface area contributed by atoms with Crippen molar-refractivity contribution >= 4 is 11.6 Å². The summed E-state index contributed by atoms with van der Waals surface area (Å²) in [5.74, 6) is -0.348. The van der Waals surface area contributed by atoms with Gasteiger partial charge in [-0.2, -0.15) is 0 Å². The number of amides is 1. The second kappa shape index (κ2) is 5.59. The minimum atomic E-state index is -0.512. The molecule has 0 aliphatic rings. The highest BCUT2D eigenvalue weighted by Gasteiger charge is 2.20. The topological polar surface area (TPSA) is 83.7 Å². The lowest BCUT2D eigenvalue weighted by atomic mass is 10.1. The van der Waals surface area contributed by atoms with Crippen molar-refractivity contribution in [1.82, 2.24) is 4.90 Å². The van der Waals surface area contributed by atoms with E-state index >= 15 is 0 Å². The molecule has 0 fully saturated rings. The molecule has 1 aromatic carbocycles. The number of aliphatic hydroxyl groups is 1. The number of hydrogen-bond donors (Lipinski definition) is 1. The molecule has 0 radical (unpaired) electrons. The van der Waals surface area contributed by atoms with Crippen molar-refractivity contribution in [2.45, 2.75) is 19.9 Å². The molecule has 1 atom stereocenters. The molecule has 0 aliphatic heterocycles. The molecule has 6 heteroatoms. The Morgan fingerprint density at radius 1 is 1.56 bits per heavy atom. The minimum Gasteiger partial charge on any atom is -0.394 e. The fourth-order valence-electron chi connectivity index (χ4n) is 1.47. The highest BCUT2D eigenvalue weighted by molar-refractivity contribution is 5.95.